The molecule has 1 N–H and O–H groups in total. The number of hydrogen-bond donors (Lipinski definition) is 1. The first-order chi connectivity index (χ1) is 16.6. The molecule has 3 atom stereocenters. The molecule has 12 heteroatoms. The topological polar surface area (TPSA) is 138 Å². The maximum absolute atomic E-state index is 13.1. The molecule has 1 saturated heterocycles. The Bertz CT molecular complexity index is 1180. The molecule has 2 aromatic rings. The van der Waals surface area contributed by atoms with Crippen molar-refractivity contribution < 1.29 is 33.6 Å². The van der Waals surface area contributed by atoms with Crippen molar-refractivity contribution in [2.24, 2.45) is 0 Å². The number of ether oxygens (including phenoxy) is 4. The van der Waals surface area contributed by atoms with Crippen LogP contribution in [-0.2, 0) is 18.9 Å². The molecule has 2 amide bonds. The Hall–Kier alpha value is -3.09. The lowest BCUT2D eigenvalue weighted by atomic mass is 10.1. The molecular weight excluding hydrogens is 470 g/mol. The summed E-state index contributed by atoms with van der Waals surface area (Å²) < 4.78 is 24.8. The fraction of sp³-hybridized carbons (Fsp3) is 0.625. The predicted octanol–water partition coefficient (Wildman–Crippen LogP) is 3.50. The molecule has 12 nitrogen and oxygen atoms in total. The van der Waals surface area contributed by atoms with E-state index in [1.165, 1.54) is 12.7 Å². The number of carbonyl (C=O) groups excluding carboxylic acids is 2. The lowest BCUT2D eigenvalue weighted by Gasteiger charge is -2.28. The Kier molecular flexibility index (Phi) is 6.34. The molecule has 0 aromatic carbocycles. The van der Waals surface area contributed by atoms with Crippen LogP contribution in [0, 0.1) is 0 Å². The molecule has 2 aliphatic rings. The SMILES string of the molecule is CC(C)(C)OC(=O)N(C(=O)OC(C)(C)C)c1ncnc2c1ncn2C1C=C(CO)C2OC(C)(C)OC21. The second kappa shape index (κ2) is 8.79. The number of imidazole rings is 1. The molecule has 3 unspecified atom stereocenters. The van der Waals surface area contributed by atoms with E-state index in [9.17, 15) is 14.7 Å². The normalized spacial score (nSPS) is 23.4. The number of anilines is 1. The minimum absolute atomic E-state index is 0.0768. The van der Waals surface area contributed by atoms with Gasteiger partial charge in [-0.05, 0) is 61.0 Å². The quantitative estimate of drug-likeness (QED) is 0.619. The van der Waals surface area contributed by atoms with Crippen molar-refractivity contribution in [3.63, 3.8) is 0 Å². The molecule has 36 heavy (non-hydrogen) atoms. The van der Waals surface area contributed by atoms with Crippen molar-refractivity contribution >= 4 is 29.2 Å². The zero-order valence-corrected chi connectivity index (χ0v) is 21.8. The Labute approximate surface area is 209 Å². The molecular formula is C24H33N5O7. The molecule has 3 heterocycles. The second-order valence-corrected chi connectivity index (χ2v) is 11.2. The second-order valence-electron chi connectivity index (χ2n) is 11.2. The number of nitrogens with zero attached hydrogens (tertiary/aromatic N) is 5. The van der Waals surface area contributed by atoms with Gasteiger partial charge < -0.3 is 28.6 Å². The summed E-state index contributed by atoms with van der Waals surface area (Å²) in [6.07, 6.45) is 1.86. The van der Waals surface area contributed by atoms with Crippen LogP contribution < -0.4 is 4.90 Å². The third-order valence-electron chi connectivity index (χ3n) is 5.42. The fourth-order valence-corrected chi connectivity index (χ4v) is 4.20. The lowest BCUT2D eigenvalue weighted by molar-refractivity contribution is -0.148. The predicted molar refractivity (Wildman–Crippen MR) is 128 cm³/mol. The van der Waals surface area contributed by atoms with Crippen LogP contribution in [0.5, 0.6) is 0 Å². The first-order valence-electron chi connectivity index (χ1n) is 11.7. The van der Waals surface area contributed by atoms with E-state index < -0.39 is 47.4 Å². The van der Waals surface area contributed by atoms with E-state index in [1.807, 2.05) is 19.9 Å². The average molecular weight is 504 g/mol. The minimum atomic E-state index is -0.955. The fourth-order valence-electron chi connectivity index (χ4n) is 4.20. The van der Waals surface area contributed by atoms with Crippen molar-refractivity contribution in [1.29, 1.82) is 0 Å². The van der Waals surface area contributed by atoms with Gasteiger partial charge in [-0.25, -0.2) is 24.5 Å². The van der Waals surface area contributed by atoms with E-state index >= 15 is 0 Å². The average Bonchev–Trinajstić information content (AvgIpc) is 3.36. The van der Waals surface area contributed by atoms with Gasteiger partial charge in [0, 0.05) is 0 Å². The van der Waals surface area contributed by atoms with E-state index in [4.69, 9.17) is 18.9 Å². The first kappa shape index (κ1) is 26.0. The Morgan fingerprint density at radius 1 is 1.06 bits per heavy atom. The van der Waals surface area contributed by atoms with Crippen LogP contribution in [0.4, 0.5) is 15.4 Å². The Morgan fingerprint density at radius 3 is 2.22 bits per heavy atom. The lowest BCUT2D eigenvalue weighted by Crippen LogP contribution is -2.44. The van der Waals surface area contributed by atoms with Crippen LogP contribution in [0.15, 0.2) is 24.3 Å². The van der Waals surface area contributed by atoms with E-state index in [1.54, 1.807) is 46.1 Å². The van der Waals surface area contributed by atoms with E-state index in [0.29, 0.717) is 11.2 Å². The van der Waals surface area contributed by atoms with E-state index in [2.05, 4.69) is 15.0 Å². The highest BCUT2D eigenvalue weighted by Crippen LogP contribution is 2.44. The molecule has 2 aromatic heterocycles. The summed E-state index contributed by atoms with van der Waals surface area (Å²) in [6, 6.07) is -0.400. The number of hydrogen-bond acceptors (Lipinski definition) is 10. The summed E-state index contributed by atoms with van der Waals surface area (Å²) in [7, 11) is 0. The largest absolute Gasteiger partial charge is 0.443 e. The smallest absolute Gasteiger partial charge is 0.425 e. The van der Waals surface area contributed by atoms with E-state index in [0.717, 1.165) is 4.90 Å². The van der Waals surface area contributed by atoms with Gasteiger partial charge in [0.05, 0.1) is 19.0 Å². The third kappa shape index (κ3) is 5.06. The molecule has 0 bridgehead atoms. The van der Waals surface area contributed by atoms with Crippen molar-refractivity contribution in [1.82, 2.24) is 19.5 Å². The van der Waals surface area contributed by atoms with Gasteiger partial charge in [-0.15, -0.1) is 0 Å². The van der Waals surface area contributed by atoms with E-state index in [-0.39, 0.29) is 17.9 Å². The third-order valence-corrected chi connectivity index (χ3v) is 5.42. The molecule has 0 spiro atoms. The van der Waals surface area contributed by atoms with Crippen molar-refractivity contribution in [2.75, 3.05) is 11.5 Å². The van der Waals surface area contributed by atoms with Crippen LogP contribution in [0.25, 0.3) is 11.2 Å². The molecule has 0 saturated carbocycles. The van der Waals surface area contributed by atoms with Crippen LogP contribution in [0.2, 0.25) is 0 Å². The van der Waals surface area contributed by atoms with Gasteiger partial charge in [0.25, 0.3) is 0 Å². The van der Waals surface area contributed by atoms with Gasteiger partial charge in [-0.3, -0.25) is 0 Å². The highest BCUT2D eigenvalue weighted by Gasteiger charge is 2.50. The van der Waals surface area contributed by atoms with Crippen molar-refractivity contribution in [3.05, 3.63) is 24.3 Å². The summed E-state index contributed by atoms with van der Waals surface area (Å²) in [5.41, 5.74) is -0.519. The van der Waals surface area contributed by atoms with Crippen LogP contribution in [0.3, 0.4) is 0 Å². The zero-order chi connectivity index (χ0) is 26.6. The number of aliphatic hydroxyl groups is 1. The standard InChI is InChI=1S/C24H33N5O7/c1-22(2,3)35-20(31)29(21(32)36-23(4,5)6)19-15-18(25-11-26-19)28(12-27-15)14-9-13(10-30)16-17(14)34-24(7,8)33-16/h9,11-12,14,16-17,30H,10H2,1-8H3. The van der Waals surface area contributed by atoms with Gasteiger partial charge in [0.15, 0.2) is 22.8 Å². The van der Waals surface area contributed by atoms with Gasteiger partial charge in [0.2, 0.25) is 0 Å². The molecule has 0 radical (unpaired) electrons. The van der Waals surface area contributed by atoms with Gasteiger partial charge in [0.1, 0.15) is 29.7 Å². The van der Waals surface area contributed by atoms with Crippen LogP contribution >= 0.6 is 0 Å². The maximum Gasteiger partial charge on any atom is 0.425 e. The number of fused-ring (bicyclic) bond motifs is 2. The Morgan fingerprint density at radius 2 is 1.67 bits per heavy atom. The van der Waals surface area contributed by atoms with Gasteiger partial charge in [-0.2, -0.15) is 4.90 Å². The molecule has 4 rings (SSSR count). The minimum Gasteiger partial charge on any atom is -0.443 e. The molecule has 1 fully saturated rings. The zero-order valence-electron chi connectivity index (χ0n) is 21.8. The molecule has 1 aliphatic carbocycles. The summed E-state index contributed by atoms with van der Waals surface area (Å²) >= 11 is 0. The molecule has 196 valence electrons. The maximum atomic E-state index is 13.1. The summed E-state index contributed by atoms with van der Waals surface area (Å²) in [5, 5.41) is 9.87. The van der Waals surface area contributed by atoms with Gasteiger partial charge in [-0.1, -0.05) is 6.08 Å². The van der Waals surface area contributed by atoms with Gasteiger partial charge >= 0.3 is 12.2 Å². The van der Waals surface area contributed by atoms with Crippen molar-refractivity contribution in [3.8, 4) is 0 Å². The summed E-state index contributed by atoms with van der Waals surface area (Å²) in [6.45, 7) is 13.6. The monoisotopic (exact) mass is 503 g/mol. The first-order valence-corrected chi connectivity index (χ1v) is 11.7. The highest BCUT2D eigenvalue weighted by molar-refractivity contribution is 6.12. The summed E-state index contributed by atoms with van der Waals surface area (Å²) in [5.74, 6) is -0.907. The number of carbonyl (C=O) groups is 2. The highest BCUT2D eigenvalue weighted by atomic mass is 16.8. The van der Waals surface area contributed by atoms with Crippen molar-refractivity contribution in [2.45, 2.75) is 90.6 Å². The Balaban J connectivity index is 1.78. The van der Waals surface area contributed by atoms with Crippen LogP contribution in [0.1, 0.15) is 61.4 Å². The number of rotatable bonds is 3. The van der Waals surface area contributed by atoms with Crippen LogP contribution in [-0.4, -0.2) is 72.6 Å². The molecule has 1 aliphatic heterocycles. The number of aliphatic hydroxyl groups excluding tert-OH is 1. The number of aromatic nitrogens is 4. The number of imide groups is 1. The number of amides is 2. The summed E-state index contributed by atoms with van der Waals surface area (Å²) in [4.78, 5) is 40.0.